The average molecular weight is 430 g/mol. The number of sulfonamides is 1. The number of amides is 1. The highest BCUT2D eigenvalue weighted by Crippen LogP contribution is 2.24. The Bertz CT molecular complexity index is 1020. The lowest BCUT2D eigenvalue weighted by Crippen LogP contribution is -2.54. The highest BCUT2D eigenvalue weighted by atomic mass is 32.2. The van der Waals surface area contributed by atoms with Gasteiger partial charge in [-0.2, -0.15) is 4.31 Å². The van der Waals surface area contributed by atoms with E-state index in [-0.39, 0.29) is 11.9 Å². The lowest BCUT2D eigenvalue weighted by Gasteiger charge is -2.37. The molecule has 1 unspecified atom stereocenters. The van der Waals surface area contributed by atoms with Crippen molar-refractivity contribution < 1.29 is 13.2 Å². The van der Waals surface area contributed by atoms with E-state index in [0.717, 1.165) is 27.9 Å². The zero-order valence-electron chi connectivity index (χ0n) is 18.4. The quantitative estimate of drug-likeness (QED) is 0.792. The first-order valence-corrected chi connectivity index (χ1v) is 11.7. The molecule has 7 heteroatoms. The molecule has 0 spiro atoms. The Kier molecular flexibility index (Phi) is 6.65. The zero-order chi connectivity index (χ0) is 22.1. The van der Waals surface area contributed by atoms with Crippen LogP contribution < -0.4 is 5.32 Å². The van der Waals surface area contributed by atoms with Gasteiger partial charge in [0, 0.05) is 31.9 Å². The summed E-state index contributed by atoms with van der Waals surface area (Å²) in [6.45, 7) is 11.3. The largest absolute Gasteiger partial charge is 0.324 e. The monoisotopic (exact) mass is 429 g/mol. The van der Waals surface area contributed by atoms with Crippen LogP contribution in [0, 0.1) is 27.7 Å². The Morgan fingerprint density at radius 1 is 0.933 bits per heavy atom. The van der Waals surface area contributed by atoms with Gasteiger partial charge in [0.15, 0.2) is 0 Å². The fourth-order valence-electron chi connectivity index (χ4n) is 3.86. The maximum absolute atomic E-state index is 13.1. The van der Waals surface area contributed by atoms with Crippen molar-refractivity contribution in [2.75, 3.05) is 31.5 Å². The SMILES string of the molecule is Cc1ccc(C)c(S(=O)(=O)N2CCN(C(C)C(=O)Nc3c(C)cccc3C)CC2)c1. The summed E-state index contributed by atoms with van der Waals surface area (Å²) < 4.78 is 27.8. The number of rotatable bonds is 5. The van der Waals surface area contributed by atoms with Crippen molar-refractivity contribution in [3.8, 4) is 0 Å². The molecular formula is C23H31N3O3S. The van der Waals surface area contributed by atoms with Crippen LogP contribution in [0.5, 0.6) is 0 Å². The molecule has 2 aromatic carbocycles. The van der Waals surface area contributed by atoms with Crippen LogP contribution >= 0.6 is 0 Å². The number of anilines is 1. The molecule has 0 aromatic heterocycles. The Morgan fingerprint density at radius 2 is 1.53 bits per heavy atom. The standard InChI is InChI=1S/C23H31N3O3S/c1-16-9-10-17(2)21(15-16)30(28,29)26-13-11-25(12-14-26)20(5)23(27)24-22-18(3)7-6-8-19(22)4/h6-10,15,20H,11-14H2,1-5H3,(H,24,27). The van der Waals surface area contributed by atoms with Crippen molar-refractivity contribution in [3.05, 3.63) is 58.7 Å². The number of hydrogen-bond donors (Lipinski definition) is 1. The second-order valence-corrected chi connectivity index (χ2v) is 10.0. The Morgan fingerprint density at radius 3 is 2.13 bits per heavy atom. The number of nitrogens with zero attached hydrogens (tertiary/aromatic N) is 2. The summed E-state index contributed by atoms with van der Waals surface area (Å²) in [5, 5.41) is 3.04. The Labute approximate surface area is 179 Å². The van der Waals surface area contributed by atoms with Gasteiger partial charge < -0.3 is 5.32 Å². The normalized spacial score (nSPS) is 17.0. The maximum atomic E-state index is 13.1. The van der Waals surface area contributed by atoms with Crippen LogP contribution in [-0.4, -0.2) is 55.8 Å². The number of carbonyl (C=O) groups excluding carboxylic acids is 1. The summed E-state index contributed by atoms with van der Waals surface area (Å²) in [6.07, 6.45) is 0. The molecule has 0 aliphatic carbocycles. The molecule has 30 heavy (non-hydrogen) atoms. The van der Waals surface area contributed by atoms with Gasteiger partial charge in [0.2, 0.25) is 15.9 Å². The van der Waals surface area contributed by atoms with Gasteiger partial charge in [-0.1, -0.05) is 30.3 Å². The molecule has 1 fully saturated rings. The van der Waals surface area contributed by atoms with Gasteiger partial charge in [-0.05, 0) is 62.9 Å². The zero-order valence-corrected chi connectivity index (χ0v) is 19.2. The number of hydrogen-bond acceptors (Lipinski definition) is 4. The molecule has 0 saturated carbocycles. The Hall–Kier alpha value is -2.22. The van der Waals surface area contributed by atoms with Gasteiger partial charge in [0.05, 0.1) is 10.9 Å². The topological polar surface area (TPSA) is 69.7 Å². The van der Waals surface area contributed by atoms with E-state index in [1.807, 2.05) is 69.9 Å². The number of piperazine rings is 1. The fourth-order valence-corrected chi connectivity index (χ4v) is 5.59. The molecular weight excluding hydrogens is 398 g/mol. The van der Waals surface area contributed by atoms with Crippen LogP contribution in [0.4, 0.5) is 5.69 Å². The molecule has 1 aliphatic heterocycles. The fraction of sp³-hybridized carbons (Fsp3) is 0.435. The van der Waals surface area contributed by atoms with Crippen molar-refractivity contribution >= 4 is 21.6 Å². The smallest absolute Gasteiger partial charge is 0.243 e. The van der Waals surface area contributed by atoms with E-state index < -0.39 is 10.0 Å². The first kappa shape index (κ1) is 22.5. The van der Waals surface area contributed by atoms with Gasteiger partial charge >= 0.3 is 0 Å². The molecule has 0 radical (unpaired) electrons. The van der Waals surface area contributed by atoms with E-state index in [9.17, 15) is 13.2 Å². The van der Waals surface area contributed by atoms with Gasteiger partial charge in [-0.3, -0.25) is 9.69 Å². The van der Waals surface area contributed by atoms with Crippen molar-refractivity contribution in [2.24, 2.45) is 0 Å². The molecule has 1 amide bonds. The minimum atomic E-state index is -3.54. The number of para-hydroxylation sites is 1. The first-order chi connectivity index (χ1) is 14.1. The third-order valence-corrected chi connectivity index (χ3v) is 7.93. The van der Waals surface area contributed by atoms with Gasteiger partial charge in [0.1, 0.15) is 0 Å². The van der Waals surface area contributed by atoms with E-state index in [2.05, 4.69) is 5.32 Å². The minimum Gasteiger partial charge on any atom is -0.324 e. The second-order valence-electron chi connectivity index (χ2n) is 8.14. The maximum Gasteiger partial charge on any atom is 0.243 e. The molecule has 162 valence electrons. The van der Waals surface area contributed by atoms with Crippen LogP contribution in [0.1, 0.15) is 29.2 Å². The summed E-state index contributed by atoms with van der Waals surface area (Å²) in [4.78, 5) is 15.2. The number of nitrogens with one attached hydrogen (secondary N) is 1. The summed E-state index contributed by atoms with van der Waals surface area (Å²) >= 11 is 0. The lowest BCUT2D eigenvalue weighted by molar-refractivity contribution is -0.121. The number of aryl methyl sites for hydroxylation is 4. The van der Waals surface area contributed by atoms with Crippen LogP contribution in [0.3, 0.4) is 0 Å². The molecule has 6 nitrogen and oxygen atoms in total. The summed E-state index contributed by atoms with van der Waals surface area (Å²) in [6, 6.07) is 11.1. The van der Waals surface area contributed by atoms with Gasteiger partial charge in [-0.25, -0.2) is 8.42 Å². The third-order valence-electron chi connectivity index (χ3n) is 5.89. The van der Waals surface area contributed by atoms with Crippen molar-refractivity contribution in [1.29, 1.82) is 0 Å². The van der Waals surface area contributed by atoms with E-state index in [1.165, 1.54) is 4.31 Å². The molecule has 1 atom stereocenters. The third kappa shape index (κ3) is 4.58. The molecule has 3 rings (SSSR count). The minimum absolute atomic E-state index is 0.0711. The second kappa shape index (κ2) is 8.88. The van der Waals surface area contributed by atoms with Crippen LogP contribution in [0.2, 0.25) is 0 Å². The lowest BCUT2D eigenvalue weighted by atomic mass is 10.1. The predicted octanol–water partition coefficient (Wildman–Crippen LogP) is 3.25. The van der Waals surface area contributed by atoms with E-state index in [1.54, 1.807) is 6.07 Å². The molecule has 0 bridgehead atoms. The average Bonchev–Trinajstić information content (AvgIpc) is 2.72. The number of benzene rings is 2. The number of carbonyl (C=O) groups is 1. The summed E-state index contributed by atoms with van der Waals surface area (Å²) in [5.41, 5.74) is 4.59. The van der Waals surface area contributed by atoms with Crippen LogP contribution in [0.15, 0.2) is 41.3 Å². The first-order valence-electron chi connectivity index (χ1n) is 10.3. The molecule has 1 heterocycles. The van der Waals surface area contributed by atoms with Crippen LogP contribution in [-0.2, 0) is 14.8 Å². The molecule has 1 N–H and O–H groups in total. The van der Waals surface area contributed by atoms with E-state index >= 15 is 0 Å². The predicted molar refractivity (Wildman–Crippen MR) is 120 cm³/mol. The van der Waals surface area contributed by atoms with Crippen molar-refractivity contribution in [1.82, 2.24) is 9.21 Å². The van der Waals surface area contributed by atoms with E-state index in [0.29, 0.717) is 31.1 Å². The highest BCUT2D eigenvalue weighted by Gasteiger charge is 2.32. The van der Waals surface area contributed by atoms with E-state index in [4.69, 9.17) is 0 Å². The molecule has 1 aliphatic rings. The summed E-state index contributed by atoms with van der Waals surface area (Å²) in [5.74, 6) is -0.0711. The summed E-state index contributed by atoms with van der Waals surface area (Å²) in [7, 11) is -3.54. The van der Waals surface area contributed by atoms with Gasteiger partial charge in [-0.15, -0.1) is 0 Å². The highest BCUT2D eigenvalue weighted by molar-refractivity contribution is 7.89. The molecule has 2 aromatic rings. The Balaban J connectivity index is 1.66. The van der Waals surface area contributed by atoms with Crippen molar-refractivity contribution in [2.45, 2.75) is 45.6 Å². The molecule has 1 saturated heterocycles. The van der Waals surface area contributed by atoms with Crippen molar-refractivity contribution in [3.63, 3.8) is 0 Å². The van der Waals surface area contributed by atoms with Crippen LogP contribution in [0.25, 0.3) is 0 Å². The van der Waals surface area contributed by atoms with Gasteiger partial charge in [0.25, 0.3) is 0 Å².